The Balaban J connectivity index is 1.84. The lowest BCUT2D eigenvalue weighted by atomic mass is 10.1. The zero-order valence-electron chi connectivity index (χ0n) is 11.5. The molecule has 1 saturated heterocycles. The third-order valence-corrected chi connectivity index (χ3v) is 3.71. The molecule has 19 heavy (non-hydrogen) atoms. The van der Waals surface area contributed by atoms with Crippen molar-refractivity contribution in [2.45, 2.75) is 12.6 Å². The van der Waals surface area contributed by atoms with Crippen LogP contribution in [0, 0.1) is 11.6 Å². The maximum atomic E-state index is 13.5. The van der Waals surface area contributed by atoms with Crippen LogP contribution in [0.3, 0.4) is 0 Å². The van der Waals surface area contributed by atoms with Crippen LogP contribution in [-0.2, 0) is 6.54 Å². The fourth-order valence-corrected chi connectivity index (χ4v) is 2.38. The van der Waals surface area contributed by atoms with Crippen LogP contribution >= 0.6 is 0 Å². The van der Waals surface area contributed by atoms with Crippen LogP contribution in [0.4, 0.5) is 8.78 Å². The summed E-state index contributed by atoms with van der Waals surface area (Å²) in [7, 11) is 4.20. The zero-order chi connectivity index (χ0) is 13.8. The number of nitrogens with zero attached hydrogens (tertiary/aromatic N) is 2. The molecule has 1 aromatic carbocycles. The summed E-state index contributed by atoms with van der Waals surface area (Å²) in [4.78, 5) is 4.59. The van der Waals surface area contributed by atoms with Crippen molar-refractivity contribution in [3.05, 3.63) is 35.4 Å². The van der Waals surface area contributed by atoms with E-state index in [1.807, 2.05) is 0 Å². The van der Waals surface area contributed by atoms with Crippen molar-refractivity contribution >= 4 is 0 Å². The average molecular weight is 269 g/mol. The van der Waals surface area contributed by atoms with E-state index in [1.165, 1.54) is 6.07 Å². The lowest BCUT2D eigenvalue weighted by molar-refractivity contribution is 0.113. The molecule has 106 valence electrons. The predicted octanol–water partition coefficient (Wildman–Crippen LogP) is 1.30. The van der Waals surface area contributed by atoms with Gasteiger partial charge < -0.3 is 10.2 Å². The topological polar surface area (TPSA) is 18.5 Å². The van der Waals surface area contributed by atoms with Gasteiger partial charge in [-0.2, -0.15) is 0 Å². The summed E-state index contributed by atoms with van der Waals surface area (Å²) in [5.74, 6) is -1.53. The molecule has 1 unspecified atom stereocenters. The van der Waals surface area contributed by atoms with Gasteiger partial charge in [0.15, 0.2) is 11.6 Å². The quantitative estimate of drug-likeness (QED) is 0.889. The molecule has 0 aromatic heterocycles. The first kappa shape index (κ1) is 14.4. The van der Waals surface area contributed by atoms with E-state index >= 15 is 0 Å². The molecule has 0 spiro atoms. The second-order valence-corrected chi connectivity index (χ2v) is 5.24. The molecule has 0 amide bonds. The number of likely N-dealkylation sites (N-methyl/N-ethyl adjacent to an activating group) is 2. The molecule has 1 aromatic rings. The lowest BCUT2D eigenvalue weighted by Gasteiger charge is -2.37. The van der Waals surface area contributed by atoms with E-state index in [4.69, 9.17) is 0 Å². The number of hydrogen-bond donors (Lipinski definition) is 1. The minimum Gasteiger partial charge on any atom is -0.311 e. The van der Waals surface area contributed by atoms with Crippen molar-refractivity contribution in [2.24, 2.45) is 0 Å². The summed E-state index contributed by atoms with van der Waals surface area (Å²) in [6, 6.07) is 4.70. The second-order valence-electron chi connectivity index (χ2n) is 5.24. The van der Waals surface area contributed by atoms with E-state index < -0.39 is 11.6 Å². The van der Waals surface area contributed by atoms with Crippen LogP contribution in [-0.4, -0.2) is 56.1 Å². The Labute approximate surface area is 113 Å². The fraction of sp³-hybridized carbons (Fsp3) is 0.571. The summed E-state index contributed by atoms with van der Waals surface area (Å²) in [5, 5.41) is 3.22. The summed E-state index contributed by atoms with van der Waals surface area (Å²) in [6.07, 6.45) is 0. The monoisotopic (exact) mass is 269 g/mol. The third kappa shape index (κ3) is 3.72. The average Bonchev–Trinajstić information content (AvgIpc) is 2.38. The standard InChI is InChI=1S/C14H21F2N3/c1-18-6-7-19(2)12(10-18)9-17-8-11-4-3-5-13(15)14(11)16/h3-5,12,17H,6-10H2,1-2H3. The van der Waals surface area contributed by atoms with Crippen molar-refractivity contribution in [3.8, 4) is 0 Å². The maximum absolute atomic E-state index is 13.5. The number of nitrogens with one attached hydrogen (secondary N) is 1. The van der Waals surface area contributed by atoms with E-state index in [0.717, 1.165) is 32.2 Å². The van der Waals surface area contributed by atoms with Gasteiger partial charge in [-0.3, -0.25) is 4.90 Å². The van der Waals surface area contributed by atoms with Gasteiger partial charge in [0.25, 0.3) is 0 Å². The van der Waals surface area contributed by atoms with Crippen molar-refractivity contribution in [1.82, 2.24) is 15.1 Å². The van der Waals surface area contributed by atoms with Gasteiger partial charge in [0, 0.05) is 44.3 Å². The smallest absolute Gasteiger partial charge is 0.163 e. The Morgan fingerprint density at radius 2 is 2.05 bits per heavy atom. The molecule has 1 heterocycles. The number of hydrogen-bond acceptors (Lipinski definition) is 3. The zero-order valence-corrected chi connectivity index (χ0v) is 11.5. The Hall–Kier alpha value is -1.04. The van der Waals surface area contributed by atoms with Crippen LogP contribution in [0.15, 0.2) is 18.2 Å². The Morgan fingerprint density at radius 3 is 2.84 bits per heavy atom. The molecular formula is C14H21F2N3. The van der Waals surface area contributed by atoms with Gasteiger partial charge in [-0.05, 0) is 20.2 Å². The van der Waals surface area contributed by atoms with E-state index in [1.54, 1.807) is 6.07 Å². The maximum Gasteiger partial charge on any atom is 0.163 e. The lowest BCUT2D eigenvalue weighted by Crippen LogP contribution is -2.53. The summed E-state index contributed by atoms with van der Waals surface area (Å²) in [5.41, 5.74) is 0.381. The van der Waals surface area contributed by atoms with Crippen LogP contribution in [0.1, 0.15) is 5.56 Å². The number of benzene rings is 1. The highest BCUT2D eigenvalue weighted by atomic mass is 19.2. The molecule has 1 aliphatic rings. The second kappa shape index (κ2) is 6.41. The molecule has 1 N–H and O–H groups in total. The molecule has 5 heteroatoms. The van der Waals surface area contributed by atoms with Gasteiger partial charge in [0.1, 0.15) is 0 Å². The SMILES string of the molecule is CN1CCN(C)C(CNCc2cccc(F)c2F)C1. The fourth-order valence-electron chi connectivity index (χ4n) is 2.38. The van der Waals surface area contributed by atoms with Crippen LogP contribution in [0.5, 0.6) is 0 Å². The van der Waals surface area contributed by atoms with Crippen molar-refractivity contribution in [1.29, 1.82) is 0 Å². The number of rotatable bonds is 4. The Kier molecular flexibility index (Phi) is 4.85. The first-order valence-corrected chi connectivity index (χ1v) is 6.60. The largest absolute Gasteiger partial charge is 0.311 e. The summed E-state index contributed by atoms with van der Waals surface area (Å²) >= 11 is 0. The van der Waals surface area contributed by atoms with Gasteiger partial charge in [0.05, 0.1) is 0 Å². The molecule has 1 aliphatic heterocycles. The molecule has 0 radical (unpaired) electrons. The highest BCUT2D eigenvalue weighted by Crippen LogP contribution is 2.11. The molecular weight excluding hydrogens is 248 g/mol. The van der Waals surface area contributed by atoms with Gasteiger partial charge in [-0.1, -0.05) is 12.1 Å². The van der Waals surface area contributed by atoms with Crippen molar-refractivity contribution in [2.75, 3.05) is 40.3 Å². The summed E-state index contributed by atoms with van der Waals surface area (Å²) in [6.45, 7) is 4.24. The first-order valence-electron chi connectivity index (χ1n) is 6.60. The minimum atomic E-state index is -0.784. The molecule has 0 aliphatic carbocycles. The van der Waals surface area contributed by atoms with Gasteiger partial charge in [-0.15, -0.1) is 0 Å². The predicted molar refractivity (Wildman–Crippen MR) is 72.0 cm³/mol. The van der Waals surface area contributed by atoms with E-state index in [-0.39, 0.29) is 0 Å². The molecule has 0 saturated carbocycles. The van der Waals surface area contributed by atoms with Gasteiger partial charge >= 0.3 is 0 Å². The highest BCUT2D eigenvalue weighted by molar-refractivity contribution is 5.18. The van der Waals surface area contributed by atoms with E-state index in [9.17, 15) is 8.78 Å². The van der Waals surface area contributed by atoms with E-state index in [0.29, 0.717) is 18.2 Å². The van der Waals surface area contributed by atoms with Gasteiger partial charge in [-0.25, -0.2) is 8.78 Å². The molecule has 0 bridgehead atoms. The summed E-state index contributed by atoms with van der Waals surface area (Å²) < 4.78 is 26.5. The van der Waals surface area contributed by atoms with Crippen LogP contribution in [0.25, 0.3) is 0 Å². The van der Waals surface area contributed by atoms with Crippen LogP contribution in [0.2, 0.25) is 0 Å². The molecule has 1 fully saturated rings. The van der Waals surface area contributed by atoms with Gasteiger partial charge in [0.2, 0.25) is 0 Å². The van der Waals surface area contributed by atoms with Crippen molar-refractivity contribution < 1.29 is 8.78 Å². The minimum absolute atomic E-state index is 0.359. The Morgan fingerprint density at radius 1 is 1.26 bits per heavy atom. The highest BCUT2D eigenvalue weighted by Gasteiger charge is 2.21. The molecule has 2 rings (SSSR count). The van der Waals surface area contributed by atoms with Crippen LogP contribution < -0.4 is 5.32 Å². The molecule has 1 atom stereocenters. The number of piperazine rings is 1. The first-order chi connectivity index (χ1) is 9.08. The van der Waals surface area contributed by atoms with E-state index in [2.05, 4.69) is 29.2 Å². The number of halogens is 2. The normalized spacial score (nSPS) is 21.8. The molecule has 3 nitrogen and oxygen atoms in total. The van der Waals surface area contributed by atoms with Crippen molar-refractivity contribution in [3.63, 3.8) is 0 Å². The Bertz CT molecular complexity index is 425. The third-order valence-electron chi connectivity index (χ3n) is 3.71.